The van der Waals surface area contributed by atoms with Crippen molar-refractivity contribution in [3.63, 3.8) is 0 Å². The number of unbranched alkanes of at least 4 members (excludes halogenated alkanes) is 1. The molecule has 0 atom stereocenters. The highest BCUT2D eigenvalue weighted by Crippen LogP contribution is 2.29. The molecule has 32 heavy (non-hydrogen) atoms. The number of hydrogen-bond acceptors (Lipinski definition) is 4. The molecule has 2 aromatic carbocycles. The number of fused-ring (bicyclic) bond motifs is 2. The number of halogens is 1. The van der Waals surface area contributed by atoms with E-state index in [9.17, 15) is 4.39 Å². The molecule has 0 radical (unpaired) electrons. The van der Waals surface area contributed by atoms with Crippen molar-refractivity contribution in [2.24, 2.45) is 0 Å². The zero-order chi connectivity index (χ0) is 21.9. The Bertz CT molecular complexity index is 1120. The second-order valence-electron chi connectivity index (χ2n) is 8.63. The number of anilines is 1. The van der Waals surface area contributed by atoms with Crippen molar-refractivity contribution in [2.45, 2.75) is 38.6 Å². The summed E-state index contributed by atoms with van der Waals surface area (Å²) in [4.78, 5) is 2.45. The summed E-state index contributed by atoms with van der Waals surface area (Å²) in [5.74, 6) is 0.665. The summed E-state index contributed by atoms with van der Waals surface area (Å²) in [7, 11) is 0. The smallest absolute Gasteiger partial charge is 0.148 e. The van der Waals surface area contributed by atoms with Crippen molar-refractivity contribution in [3.05, 3.63) is 83.6 Å². The zero-order valence-corrected chi connectivity index (χ0v) is 18.3. The Kier molecular flexibility index (Phi) is 5.95. The van der Waals surface area contributed by atoms with Gasteiger partial charge in [-0.15, -0.1) is 0 Å². The predicted molar refractivity (Wildman–Crippen MR) is 125 cm³/mol. The molecule has 0 aliphatic carbocycles. The van der Waals surface area contributed by atoms with E-state index in [0.717, 1.165) is 74.6 Å². The summed E-state index contributed by atoms with van der Waals surface area (Å²) in [6, 6.07) is 13.1. The Balaban J connectivity index is 1.09. The maximum atomic E-state index is 14.1. The fourth-order valence-electron chi connectivity index (χ4n) is 4.47. The third-order valence-electron chi connectivity index (χ3n) is 6.26. The molecule has 6 heteroatoms. The van der Waals surface area contributed by atoms with Crippen LogP contribution in [0.25, 0.3) is 5.69 Å². The number of benzene rings is 2. The molecule has 166 valence electrons. The molecule has 1 aromatic heterocycles. The topological polar surface area (TPSA) is 42.3 Å². The van der Waals surface area contributed by atoms with E-state index >= 15 is 0 Å². The maximum absolute atomic E-state index is 14.1. The highest BCUT2D eigenvalue weighted by atomic mass is 19.1. The van der Waals surface area contributed by atoms with E-state index in [1.165, 1.54) is 17.2 Å². The largest absolute Gasteiger partial charge is 0.494 e. The minimum absolute atomic E-state index is 0.246. The number of rotatable bonds is 7. The van der Waals surface area contributed by atoms with E-state index in [0.29, 0.717) is 12.3 Å². The van der Waals surface area contributed by atoms with E-state index in [1.54, 1.807) is 16.8 Å². The highest BCUT2D eigenvalue weighted by molar-refractivity contribution is 5.60. The second kappa shape index (κ2) is 9.17. The van der Waals surface area contributed by atoms with Crippen LogP contribution >= 0.6 is 0 Å². The monoisotopic (exact) mass is 432 g/mol. The molecule has 0 unspecified atom stereocenters. The van der Waals surface area contributed by atoms with E-state index in [2.05, 4.69) is 40.1 Å². The van der Waals surface area contributed by atoms with Crippen molar-refractivity contribution in [3.8, 4) is 11.4 Å². The molecule has 5 nitrogen and oxygen atoms in total. The van der Waals surface area contributed by atoms with Crippen LogP contribution in [0.2, 0.25) is 0 Å². The highest BCUT2D eigenvalue weighted by Gasteiger charge is 2.20. The lowest BCUT2D eigenvalue weighted by molar-refractivity contribution is 0.234. The lowest BCUT2D eigenvalue weighted by atomic mass is 10.0. The third-order valence-corrected chi connectivity index (χ3v) is 6.26. The Morgan fingerprint density at radius 3 is 2.88 bits per heavy atom. The molecule has 0 bridgehead atoms. The summed E-state index contributed by atoms with van der Waals surface area (Å²) < 4.78 is 21.7. The minimum atomic E-state index is -0.246. The molecule has 3 heterocycles. The van der Waals surface area contributed by atoms with Gasteiger partial charge < -0.3 is 10.1 Å². The van der Waals surface area contributed by atoms with E-state index in [-0.39, 0.29) is 5.82 Å². The first-order valence-electron chi connectivity index (χ1n) is 11.4. The van der Waals surface area contributed by atoms with Gasteiger partial charge in [-0.05, 0) is 56.0 Å². The second-order valence-corrected chi connectivity index (χ2v) is 8.63. The predicted octanol–water partition coefficient (Wildman–Crippen LogP) is 5.10. The number of nitrogens with one attached hydrogen (secondary N) is 1. The summed E-state index contributed by atoms with van der Waals surface area (Å²) in [5, 5.41) is 7.97. The number of ether oxygens (including phenoxy) is 1. The Morgan fingerprint density at radius 2 is 1.97 bits per heavy atom. The Hall–Kier alpha value is -3.12. The summed E-state index contributed by atoms with van der Waals surface area (Å²) in [5.41, 5.74) is 6.30. The van der Waals surface area contributed by atoms with Gasteiger partial charge in [0.05, 0.1) is 12.3 Å². The first-order chi connectivity index (χ1) is 15.7. The summed E-state index contributed by atoms with van der Waals surface area (Å²) in [6.45, 7) is 7.62. The molecular formula is C26H29FN4O. The van der Waals surface area contributed by atoms with Crippen LogP contribution in [0.1, 0.15) is 36.1 Å². The number of para-hydroxylation sites is 1. The molecule has 2 aliphatic rings. The van der Waals surface area contributed by atoms with Crippen LogP contribution in [0.4, 0.5) is 10.1 Å². The number of nitrogens with zero attached hydrogens (tertiary/aromatic N) is 3. The molecule has 1 N–H and O–H groups in total. The van der Waals surface area contributed by atoms with Crippen LogP contribution in [0.5, 0.6) is 5.75 Å². The average molecular weight is 433 g/mol. The van der Waals surface area contributed by atoms with Crippen molar-refractivity contribution in [1.29, 1.82) is 0 Å². The summed E-state index contributed by atoms with van der Waals surface area (Å²) >= 11 is 0. The van der Waals surface area contributed by atoms with E-state index < -0.39 is 0 Å². The fraction of sp³-hybridized carbons (Fsp3) is 0.346. The van der Waals surface area contributed by atoms with Crippen LogP contribution < -0.4 is 10.1 Å². The average Bonchev–Trinajstić information content (AvgIpc) is 3.22. The Labute approximate surface area is 188 Å². The van der Waals surface area contributed by atoms with E-state index in [4.69, 9.17) is 4.74 Å². The molecule has 0 saturated carbocycles. The summed E-state index contributed by atoms with van der Waals surface area (Å²) in [6.07, 6.45) is 7.00. The molecule has 2 aliphatic heterocycles. The molecular weight excluding hydrogens is 403 g/mol. The van der Waals surface area contributed by atoms with Gasteiger partial charge in [0.15, 0.2) is 0 Å². The minimum Gasteiger partial charge on any atom is -0.494 e. The van der Waals surface area contributed by atoms with Gasteiger partial charge in [-0.1, -0.05) is 24.8 Å². The first kappa shape index (κ1) is 20.8. The van der Waals surface area contributed by atoms with Crippen LogP contribution in [0.3, 0.4) is 0 Å². The third kappa shape index (κ3) is 4.55. The van der Waals surface area contributed by atoms with Crippen molar-refractivity contribution in [1.82, 2.24) is 14.7 Å². The van der Waals surface area contributed by atoms with Crippen LogP contribution in [-0.4, -0.2) is 34.4 Å². The fourth-order valence-corrected chi connectivity index (χ4v) is 4.47. The maximum Gasteiger partial charge on any atom is 0.148 e. The van der Waals surface area contributed by atoms with Gasteiger partial charge in [0.25, 0.3) is 0 Å². The van der Waals surface area contributed by atoms with Gasteiger partial charge >= 0.3 is 0 Å². The Morgan fingerprint density at radius 1 is 1.06 bits per heavy atom. The van der Waals surface area contributed by atoms with Gasteiger partial charge in [-0.3, -0.25) is 4.90 Å². The molecule has 0 amide bonds. The quantitative estimate of drug-likeness (QED) is 0.528. The first-order valence-corrected chi connectivity index (χ1v) is 11.4. The molecule has 0 spiro atoms. The van der Waals surface area contributed by atoms with Crippen LogP contribution in [0, 0.1) is 5.82 Å². The van der Waals surface area contributed by atoms with Gasteiger partial charge in [0, 0.05) is 48.7 Å². The van der Waals surface area contributed by atoms with Gasteiger partial charge in [-0.2, -0.15) is 5.10 Å². The lowest BCUT2D eigenvalue weighted by Crippen LogP contribution is -2.31. The van der Waals surface area contributed by atoms with Crippen molar-refractivity contribution in [2.75, 3.05) is 25.0 Å². The molecule has 5 rings (SSSR count). The molecule has 0 fully saturated rings. The SMILES string of the molecule is C=C1CCc2ccc(OCCCCN3CCc4nn(-c5ccccc5F)cc4C3)cc2N1. The van der Waals surface area contributed by atoms with Gasteiger partial charge in [0.1, 0.15) is 17.3 Å². The number of hydrogen-bond donors (Lipinski definition) is 1. The van der Waals surface area contributed by atoms with Crippen molar-refractivity contribution < 1.29 is 9.13 Å². The van der Waals surface area contributed by atoms with E-state index in [1.807, 2.05) is 12.3 Å². The normalized spacial score (nSPS) is 15.7. The number of aryl methyl sites for hydroxylation is 1. The molecule has 0 saturated heterocycles. The number of allylic oxidation sites excluding steroid dienone is 1. The number of aromatic nitrogens is 2. The van der Waals surface area contributed by atoms with Crippen LogP contribution in [0.15, 0.2) is 60.9 Å². The lowest BCUT2D eigenvalue weighted by Gasteiger charge is -2.25. The van der Waals surface area contributed by atoms with Gasteiger partial charge in [0.2, 0.25) is 0 Å². The molecule has 3 aromatic rings. The van der Waals surface area contributed by atoms with Gasteiger partial charge in [-0.25, -0.2) is 9.07 Å². The van der Waals surface area contributed by atoms with Crippen LogP contribution in [-0.2, 0) is 19.4 Å². The standard InChI is InChI=1S/C26H29FN4O/c1-19-8-9-20-10-11-22(16-25(20)28-19)32-15-5-4-13-30-14-12-24-21(17-30)18-31(29-24)26-7-3-2-6-23(26)27/h2-3,6-7,10-11,16,18,28H,1,4-5,8-9,12-15,17H2. The zero-order valence-electron chi connectivity index (χ0n) is 18.3. The van der Waals surface area contributed by atoms with Crippen molar-refractivity contribution >= 4 is 5.69 Å².